The monoisotopic (exact) mass is 293 g/mol. The first-order chi connectivity index (χ1) is 9.79. The van der Waals surface area contributed by atoms with Gasteiger partial charge in [0.2, 0.25) is 0 Å². The summed E-state index contributed by atoms with van der Waals surface area (Å²) in [7, 11) is 7.99. The molecule has 0 aromatic heterocycles. The Balaban J connectivity index is 0.000000211. The molecule has 2 aliphatic heterocycles. The summed E-state index contributed by atoms with van der Waals surface area (Å²) in [5, 5.41) is 8.43. The fourth-order valence-corrected chi connectivity index (χ4v) is 2.61. The molecule has 2 unspecified atom stereocenters. The molecule has 6 heteroatoms. The first-order valence-electron chi connectivity index (χ1n) is 7.21. The maximum absolute atomic E-state index is 11.1. The average molecular weight is 293 g/mol. The van der Waals surface area contributed by atoms with Crippen molar-refractivity contribution in [2.24, 2.45) is 0 Å². The number of carbonyl (C=O) groups excluding carboxylic acids is 1. The average Bonchev–Trinajstić information content (AvgIpc) is 2.88. The zero-order valence-corrected chi connectivity index (χ0v) is 13.9. The van der Waals surface area contributed by atoms with Gasteiger partial charge in [-0.1, -0.05) is 0 Å². The van der Waals surface area contributed by atoms with Gasteiger partial charge >= 0.3 is 0 Å². The lowest BCUT2D eigenvalue weighted by atomic mass is 10.2. The minimum absolute atomic E-state index is 0.106. The first kappa shape index (κ1) is 17.5. The van der Waals surface area contributed by atoms with Crippen LogP contribution < -0.4 is 0 Å². The van der Waals surface area contributed by atoms with Gasteiger partial charge in [-0.2, -0.15) is 5.26 Å². The van der Waals surface area contributed by atoms with Crippen molar-refractivity contribution in [3.05, 3.63) is 12.4 Å². The topological polar surface area (TPSA) is 53.8 Å². The number of likely N-dealkylation sites (N-methyl/N-ethyl adjacent to an activating group) is 2. The Labute approximate surface area is 128 Å². The quantitative estimate of drug-likeness (QED) is 0.748. The van der Waals surface area contributed by atoms with Crippen LogP contribution in [0.3, 0.4) is 0 Å². The van der Waals surface area contributed by atoms with E-state index in [4.69, 9.17) is 5.26 Å². The van der Waals surface area contributed by atoms with Crippen molar-refractivity contribution in [2.75, 3.05) is 34.7 Å². The highest BCUT2D eigenvalue weighted by atomic mass is 16.1. The fourth-order valence-electron chi connectivity index (χ4n) is 2.61. The molecule has 0 amide bonds. The predicted octanol–water partition coefficient (Wildman–Crippen LogP) is 0.742. The summed E-state index contributed by atoms with van der Waals surface area (Å²) in [6.07, 6.45) is 5.14. The number of hydrogen-bond donors (Lipinski definition) is 0. The molecule has 1 fully saturated rings. The van der Waals surface area contributed by atoms with E-state index in [-0.39, 0.29) is 18.0 Å². The molecule has 6 nitrogen and oxygen atoms in total. The molecule has 1 saturated heterocycles. The van der Waals surface area contributed by atoms with Crippen LogP contribution in [0.5, 0.6) is 0 Å². The van der Waals surface area contributed by atoms with E-state index in [0.717, 1.165) is 6.54 Å². The van der Waals surface area contributed by atoms with Gasteiger partial charge in [-0.3, -0.25) is 14.6 Å². The van der Waals surface area contributed by atoms with Crippen molar-refractivity contribution in [3.63, 3.8) is 0 Å². The van der Waals surface area contributed by atoms with Crippen LogP contribution in [0, 0.1) is 11.3 Å². The highest BCUT2D eigenvalue weighted by Crippen LogP contribution is 2.16. The molecular formula is C15H27N5O. The van der Waals surface area contributed by atoms with Gasteiger partial charge in [0.15, 0.2) is 0 Å². The summed E-state index contributed by atoms with van der Waals surface area (Å²) < 4.78 is 0. The van der Waals surface area contributed by atoms with Crippen LogP contribution in [0.4, 0.5) is 0 Å². The Morgan fingerprint density at radius 2 is 1.76 bits per heavy atom. The number of carbonyl (C=O) groups is 1. The smallest absolute Gasteiger partial charge is 0.148 e. The maximum atomic E-state index is 11.1. The molecule has 0 spiro atoms. The zero-order valence-electron chi connectivity index (χ0n) is 13.9. The summed E-state index contributed by atoms with van der Waals surface area (Å²) >= 11 is 0. The highest BCUT2D eigenvalue weighted by Gasteiger charge is 2.33. The number of rotatable bonds is 2. The maximum Gasteiger partial charge on any atom is 0.148 e. The fraction of sp³-hybridized carbons (Fsp3) is 0.733. The minimum Gasteiger partial charge on any atom is -0.358 e. The largest absolute Gasteiger partial charge is 0.358 e. The molecule has 0 radical (unpaired) electrons. The molecule has 2 rings (SSSR count). The number of Topliss-reactive ketones (excluding diaryl/α,β-unsaturated/α-hetero) is 1. The summed E-state index contributed by atoms with van der Waals surface area (Å²) in [6.45, 7) is 4.64. The Kier molecular flexibility index (Phi) is 6.19. The van der Waals surface area contributed by atoms with E-state index < -0.39 is 0 Å². The second kappa shape index (κ2) is 7.43. The van der Waals surface area contributed by atoms with Gasteiger partial charge in [0.1, 0.15) is 11.9 Å². The van der Waals surface area contributed by atoms with Crippen LogP contribution >= 0.6 is 0 Å². The van der Waals surface area contributed by atoms with E-state index in [0.29, 0.717) is 12.6 Å². The summed E-state index contributed by atoms with van der Waals surface area (Å²) in [6, 6.07) is 2.25. The van der Waals surface area contributed by atoms with Gasteiger partial charge in [0.05, 0.1) is 24.7 Å². The third-order valence-electron chi connectivity index (χ3n) is 4.40. The molecule has 0 saturated carbocycles. The molecule has 0 aromatic rings. The van der Waals surface area contributed by atoms with Crippen LogP contribution in [-0.2, 0) is 4.79 Å². The minimum atomic E-state index is 0.106. The van der Waals surface area contributed by atoms with Gasteiger partial charge in [-0.25, -0.2) is 0 Å². The predicted molar refractivity (Wildman–Crippen MR) is 83.0 cm³/mol. The van der Waals surface area contributed by atoms with Crippen molar-refractivity contribution in [1.82, 2.24) is 19.6 Å². The first-order valence-corrected chi connectivity index (χ1v) is 7.21. The molecule has 0 aromatic carbocycles. The van der Waals surface area contributed by atoms with E-state index in [1.807, 2.05) is 50.4 Å². The normalized spacial score (nSPS) is 26.7. The Morgan fingerprint density at radius 1 is 1.24 bits per heavy atom. The number of nitrogens with zero attached hydrogens (tertiary/aromatic N) is 5. The molecule has 2 aliphatic rings. The molecular weight excluding hydrogens is 266 g/mol. The standard InChI is InChI=1S/C8H16N2O.C7H11N3/c1-6(11)8-5-9(3)7(2)10(8)4;1-9-5-6-10(2)7(9)3-4-8/h7-8H,5H2,1-4H3;5-7H,3H2,1-2H3. The lowest BCUT2D eigenvalue weighted by Gasteiger charge is -2.24. The lowest BCUT2D eigenvalue weighted by Crippen LogP contribution is -2.37. The second-order valence-electron chi connectivity index (χ2n) is 5.84. The van der Waals surface area contributed by atoms with Crippen molar-refractivity contribution in [1.29, 1.82) is 5.26 Å². The molecule has 118 valence electrons. The van der Waals surface area contributed by atoms with Gasteiger partial charge in [-0.15, -0.1) is 0 Å². The molecule has 0 bridgehead atoms. The van der Waals surface area contributed by atoms with E-state index in [1.54, 1.807) is 6.92 Å². The second-order valence-corrected chi connectivity index (χ2v) is 5.84. The molecule has 0 aliphatic carbocycles. The van der Waals surface area contributed by atoms with Gasteiger partial charge in [0, 0.05) is 33.0 Å². The number of ketones is 1. The summed E-state index contributed by atoms with van der Waals surface area (Å²) in [4.78, 5) is 19.4. The van der Waals surface area contributed by atoms with Crippen LogP contribution in [0.15, 0.2) is 12.4 Å². The Morgan fingerprint density at radius 3 is 2.05 bits per heavy atom. The van der Waals surface area contributed by atoms with Gasteiger partial charge in [-0.05, 0) is 27.9 Å². The third-order valence-corrected chi connectivity index (χ3v) is 4.40. The van der Waals surface area contributed by atoms with Crippen LogP contribution in [0.2, 0.25) is 0 Å². The lowest BCUT2D eigenvalue weighted by molar-refractivity contribution is -0.120. The zero-order chi connectivity index (χ0) is 16.2. The summed E-state index contributed by atoms with van der Waals surface area (Å²) in [5.41, 5.74) is 0. The van der Waals surface area contributed by atoms with Crippen LogP contribution in [0.1, 0.15) is 20.3 Å². The Bertz CT molecular complexity index is 418. The van der Waals surface area contributed by atoms with Crippen molar-refractivity contribution >= 4 is 5.78 Å². The van der Waals surface area contributed by atoms with E-state index in [9.17, 15) is 4.79 Å². The third kappa shape index (κ3) is 4.19. The van der Waals surface area contributed by atoms with Crippen molar-refractivity contribution < 1.29 is 4.79 Å². The molecule has 2 heterocycles. The van der Waals surface area contributed by atoms with Crippen molar-refractivity contribution in [2.45, 2.75) is 38.6 Å². The number of hydrogen-bond acceptors (Lipinski definition) is 6. The van der Waals surface area contributed by atoms with Gasteiger partial charge in [0.25, 0.3) is 0 Å². The van der Waals surface area contributed by atoms with Crippen LogP contribution in [0.25, 0.3) is 0 Å². The summed E-state index contributed by atoms with van der Waals surface area (Å²) in [5.74, 6) is 0.267. The number of nitriles is 1. The van der Waals surface area contributed by atoms with E-state index in [1.165, 1.54) is 0 Å². The SMILES string of the molecule is CC(=O)C1CN(C)C(C)N1C.CN1C=CN(C)C1CC#N. The van der Waals surface area contributed by atoms with E-state index in [2.05, 4.69) is 22.8 Å². The Hall–Kier alpha value is -1.58. The van der Waals surface area contributed by atoms with Crippen molar-refractivity contribution in [3.8, 4) is 6.07 Å². The molecule has 2 atom stereocenters. The van der Waals surface area contributed by atoms with Crippen LogP contribution in [-0.4, -0.2) is 78.5 Å². The molecule has 21 heavy (non-hydrogen) atoms. The van der Waals surface area contributed by atoms with E-state index >= 15 is 0 Å². The molecule has 0 N–H and O–H groups in total. The van der Waals surface area contributed by atoms with Gasteiger partial charge < -0.3 is 9.80 Å². The highest BCUT2D eigenvalue weighted by molar-refractivity contribution is 5.82.